The van der Waals surface area contributed by atoms with Gasteiger partial charge >= 0.3 is 6.18 Å². The molecule has 1 aliphatic heterocycles. The Labute approximate surface area is 146 Å². The summed E-state index contributed by atoms with van der Waals surface area (Å²) in [6, 6.07) is 12.1. The topological polar surface area (TPSA) is 6.48 Å². The monoisotopic (exact) mass is 348 g/mol. The largest absolute Gasteiger partial charge is 0.416 e. The Morgan fingerprint density at radius 1 is 0.920 bits per heavy atom. The van der Waals surface area contributed by atoms with Crippen molar-refractivity contribution in [3.05, 3.63) is 64.7 Å². The van der Waals surface area contributed by atoms with Gasteiger partial charge in [0.25, 0.3) is 0 Å². The van der Waals surface area contributed by atoms with E-state index in [1.807, 2.05) is 0 Å². The molecule has 0 unspecified atom stereocenters. The number of benzene rings is 2. The van der Waals surface area contributed by atoms with E-state index < -0.39 is 11.7 Å². The zero-order valence-electron chi connectivity index (χ0n) is 14.6. The van der Waals surface area contributed by atoms with Crippen LogP contribution in [0.25, 0.3) is 0 Å². The van der Waals surface area contributed by atoms with Gasteiger partial charge in [-0.05, 0) is 42.7 Å². The molecule has 0 spiro atoms. The van der Waals surface area contributed by atoms with Gasteiger partial charge in [0.2, 0.25) is 0 Å². The van der Waals surface area contributed by atoms with E-state index in [1.165, 1.54) is 28.9 Å². The third kappa shape index (κ3) is 4.34. The van der Waals surface area contributed by atoms with Crippen molar-refractivity contribution in [2.24, 2.45) is 0 Å². The zero-order valence-corrected chi connectivity index (χ0v) is 14.6. The maximum atomic E-state index is 12.8. The van der Waals surface area contributed by atoms with Crippen LogP contribution in [-0.2, 0) is 12.7 Å². The second-order valence-electron chi connectivity index (χ2n) is 6.75. The summed E-state index contributed by atoms with van der Waals surface area (Å²) < 4.78 is 38.5. The Kier molecular flexibility index (Phi) is 5.04. The van der Waals surface area contributed by atoms with Crippen molar-refractivity contribution < 1.29 is 13.2 Å². The van der Waals surface area contributed by atoms with E-state index in [1.54, 1.807) is 6.07 Å². The molecule has 0 N–H and O–H groups in total. The number of halogens is 3. The molecule has 2 aromatic rings. The normalized spacial score (nSPS) is 16.3. The second-order valence-corrected chi connectivity index (χ2v) is 6.75. The maximum Gasteiger partial charge on any atom is 0.416 e. The number of alkyl halides is 3. The van der Waals surface area contributed by atoms with Crippen LogP contribution in [0.1, 0.15) is 22.3 Å². The quantitative estimate of drug-likeness (QED) is 0.797. The van der Waals surface area contributed by atoms with E-state index in [2.05, 4.69) is 41.8 Å². The molecule has 0 aromatic heterocycles. The summed E-state index contributed by atoms with van der Waals surface area (Å²) in [7, 11) is 0. The molecule has 2 aromatic carbocycles. The Balaban J connectivity index is 1.62. The Hall–Kier alpha value is -2.01. The first kappa shape index (κ1) is 17.8. The average Bonchev–Trinajstić information content (AvgIpc) is 2.57. The van der Waals surface area contributed by atoms with Gasteiger partial charge < -0.3 is 4.90 Å². The van der Waals surface area contributed by atoms with Gasteiger partial charge in [0, 0.05) is 38.4 Å². The lowest BCUT2D eigenvalue weighted by Crippen LogP contribution is -2.46. The first-order valence-electron chi connectivity index (χ1n) is 8.53. The fourth-order valence-electron chi connectivity index (χ4n) is 3.31. The fourth-order valence-corrected chi connectivity index (χ4v) is 3.31. The molecule has 0 bridgehead atoms. The van der Waals surface area contributed by atoms with Gasteiger partial charge in [0.15, 0.2) is 0 Å². The molecule has 1 saturated heterocycles. The third-order valence-electron chi connectivity index (χ3n) is 4.74. The lowest BCUT2D eigenvalue weighted by atomic mass is 10.1. The van der Waals surface area contributed by atoms with Crippen molar-refractivity contribution in [3.63, 3.8) is 0 Å². The van der Waals surface area contributed by atoms with Crippen LogP contribution in [0, 0.1) is 13.8 Å². The first-order valence-corrected chi connectivity index (χ1v) is 8.53. The number of anilines is 1. The van der Waals surface area contributed by atoms with Crippen LogP contribution in [0.4, 0.5) is 18.9 Å². The molecule has 0 radical (unpaired) electrons. The SMILES string of the molecule is Cc1ccc(C)c(N2CCN(Cc3cccc(C(F)(F)F)c3)CC2)c1. The van der Waals surface area contributed by atoms with Crippen molar-refractivity contribution in [1.29, 1.82) is 0 Å². The van der Waals surface area contributed by atoms with Gasteiger partial charge in [-0.2, -0.15) is 13.2 Å². The summed E-state index contributed by atoms with van der Waals surface area (Å²) in [5, 5.41) is 0. The molecule has 0 atom stereocenters. The zero-order chi connectivity index (χ0) is 18.0. The van der Waals surface area contributed by atoms with Crippen LogP contribution in [0.3, 0.4) is 0 Å². The lowest BCUT2D eigenvalue weighted by molar-refractivity contribution is -0.137. The van der Waals surface area contributed by atoms with Crippen LogP contribution < -0.4 is 4.90 Å². The van der Waals surface area contributed by atoms with Gasteiger partial charge in [-0.15, -0.1) is 0 Å². The molecule has 0 amide bonds. The molecule has 1 aliphatic rings. The number of nitrogens with zero attached hydrogens (tertiary/aromatic N) is 2. The molecule has 134 valence electrons. The molecule has 1 fully saturated rings. The predicted octanol–water partition coefficient (Wildman–Crippen LogP) is 4.64. The number of hydrogen-bond donors (Lipinski definition) is 0. The summed E-state index contributed by atoms with van der Waals surface area (Å²) >= 11 is 0. The molecular formula is C20H23F3N2. The molecule has 3 rings (SSSR count). The van der Waals surface area contributed by atoms with Crippen molar-refractivity contribution in [3.8, 4) is 0 Å². The van der Waals surface area contributed by atoms with Crippen molar-refractivity contribution >= 4 is 5.69 Å². The second kappa shape index (κ2) is 7.08. The summed E-state index contributed by atoms with van der Waals surface area (Å²) in [5.74, 6) is 0. The van der Waals surface area contributed by atoms with Gasteiger partial charge in [-0.3, -0.25) is 4.90 Å². The molecule has 5 heteroatoms. The van der Waals surface area contributed by atoms with E-state index in [9.17, 15) is 13.2 Å². The highest BCUT2D eigenvalue weighted by Crippen LogP contribution is 2.30. The van der Waals surface area contributed by atoms with Gasteiger partial charge in [-0.1, -0.05) is 30.3 Å². The Bertz CT molecular complexity index is 732. The van der Waals surface area contributed by atoms with Crippen LogP contribution in [0.2, 0.25) is 0 Å². The van der Waals surface area contributed by atoms with E-state index in [0.29, 0.717) is 6.54 Å². The van der Waals surface area contributed by atoms with Crippen molar-refractivity contribution in [2.45, 2.75) is 26.6 Å². The smallest absolute Gasteiger partial charge is 0.369 e. The van der Waals surface area contributed by atoms with Crippen molar-refractivity contribution in [1.82, 2.24) is 4.90 Å². The number of rotatable bonds is 3. The molecule has 0 saturated carbocycles. The fraction of sp³-hybridized carbons (Fsp3) is 0.400. The molecule has 2 nitrogen and oxygen atoms in total. The van der Waals surface area contributed by atoms with Crippen LogP contribution in [0.15, 0.2) is 42.5 Å². The van der Waals surface area contributed by atoms with Crippen LogP contribution in [0.5, 0.6) is 0 Å². The molecular weight excluding hydrogens is 325 g/mol. The minimum atomic E-state index is -4.28. The maximum absolute atomic E-state index is 12.8. The molecule has 0 aliphatic carbocycles. The van der Waals surface area contributed by atoms with E-state index in [4.69, 9.17) is 0 Å². The third-order valence-corrected chi connectivity index (χ3v) is 4.74. The molecule has 25 heavy (non-hydrogen) atoms. The highest BCUT2D eigenvalue weighted by atomic mass is 19.4. The van der Waals surface area contributed by atoms with E-state index in [-0.39, 0.29) is 0 Å². The minimum absolute atomic E-state index is 0.560. The number of hydrogen-bond acceptors (Lipinski definition) is 2. The van der Waals surface area contributed by atoms with Gasteiger partial charge in [0.05, 0.1) is 5.56 Å². The van der Waals surface area contributed by atoms with Gasteiger partial charge in [0.1, 0.15) is 0 Å². The number of piperazine rings is 1. The van der Waals surface area contributed by atoms with Crippen LogP contribution >= 0.6 is 0 Å². The first-order chi connectivity index (χ1) is 11.8. The predicted molar refractivity (Wildman–Crippen MR) is 94.9 cm³/mol. The van der Waals surface area contributed by atoms with Crippen LogP contribution in [-0.4, -0.2) is 31.1 Å². The summed E-state index contributed by atoms with van der Waals surface area (Å²) in [5.41, 5.74) is 3.91. The van der Waals surface area contributed by atoms with E-state index >= 15 is 0 Å². The standard InChI is InChI=1S/C20H23F3N2/c1-15-6-7-16(2)19(12-15)25-10-8-24(9-11-25)14-17-4-3-5-18(13-17)20(21,22)23/h3-7,12-13H,8-11,14H2,1-2H3. The summed E-state index contributed by atoms with van der Waals surface area (Å²) in [6.07, 6.45) is -4.28. The summed E-state index contributed by atoms with van der Waals surface area (Å²) in [6.45, 7) is 8.25. The minimum Gasteiger partial charge on any atom is -0.369 e. The Morgan fingerprint density at radius 2 is 1.64 bits per heavy atom. The highest BCUT2D eigenvalue weighted by molar-refractivity contribution is 5.55. The lowest BCUT2D eigenvalue weighted by Gasteiger charge is -2.37. The van der Waals surface area contributed by atoms with E-state index in [0.717, 1.165) is 37.8 Å². The Morgan fingerprint density at radius 3 is 2.32 bits per heavy atom. The average molecular weight is 348 g/mol. The summed E-state index contributed by atoms with van der Waals surface area (Å²) in [4.78, 5) is 4.59. The highest BCUT2D eigenvalue weighted by Gasteiger charge is 2.30. The number of aryl methyl sites for hydroxylation is 2. The van der Waals surface area contributed by atoms with Gasteiger partial charge in [-0.25, -0.2) is 0 Å². The molecule has 1 heterocycles. The van der Waals surface area contributed by atoms with Crippen molar-refractivity contribution in [2.75, 3.05) is 31.1 Å².